The molecular formula is C23H20ClN5O. The summed E-state index contributed by atoms with van der Waals surface area (Å²) in [4.78, 5) is 20.1. The van der Waals surface area contributed by atoms with Crippen molar-refractivity contribution in [3.05, 3.63) is 70.5 Å². The molecule has 0 spiro atoms. The second-order valence-electron chi connectivity index (χ2n) is 8.07. The van der Waals surface area contributed by atoms with E-state index in [1.807, 2.05) is 48.0 Å². The number of hydrogen-bond acceptors (Lipinski definition) is 3. The van der Waals surface area contributed by atoms with Crippen molar-refractivity contribution in [1.29, 1.82) is 0 Å². The van der Waals surface area contributed by atoms with Crippen molar-refractivity contribution in [2.75, 3.05) is 11.4 Å². The van der Waals surface area contributed by atoms with Gasteiger partial charge >= 0.3 is 0 Å². The molecule has 2 aromatic heterocycles. The Morgan fingerprint density at radius 2 is 1.97 bits per heavy atom. The molecule has 2 aromatic carbocycles. The van der Waals surface area contributed by atoms with Crippen LogP contribution in [0.2, 0.25) is 5.02 Å². The van der Waals surface area contributed by atoms with E-state index in [0.29, 0.717) is 29.0 Å². The molecule has 0 unspecified atom stereocenters. The molecule has 1 fully saturated rings. The number of carbonyl (C=O) groups excluding carboxylic acids is 1. The van der Waals surface area contributed by atoms with Gasteiger partial charge in [-0.05, 0) is 49.6 Å². The summed E-state index contributed by atoms with van der Waals surface area (Å²) >= 11 is 6.35. The third-order valence-electron chi connectivity index (χ3n) is 6.07. The lowest BCUT2D eigenvalue weighted by molar-refractivity contribution is 0.0987. The van der Waals surface area contributed by atoms with E-state index in [9.17, 15) is 4.79 Å². The molecule has 6 nitrogen and oxygen atoms in total. The minimum absolute atomic E-state index is 0.0320. The average Bonchev–Trinajstić information content (AvgIpc) is 3.20. The Labute approximate surface area is 178 Å². The zero-order valence-electron chi connectivity index (χ0n) is 16.5. The molecule has 0 bridgehead atoms. The Kier molecular flexibility index (Phi) is 3.80. The van der Waals surface area contributed by atoms with Crippen LogP contribution in [0.5, 0.6) is 0 Å². The fourth-order valence-corrected chi connectivity index (χ4v) is 4.49. The molecule has 1 aliphatic carbocycles. The fraction of sp³-hybridized carbons (Fsp3) is 0.261. The van der Waals surface area contributed by atoms with E-state index in [-0.39, 0.29) is 5.91 Å². The van der Waals surface area contributed by atoms with Gasteiger partial charge < -0.3 is 4.57 Å². The number of rotatable bonds is 3. The van der Waals surface area contributed by atoms with Crippen molar-refractivity contribution in [3.8, 4) is 5.69 Å². The van der Waals surface area contributed by atoms with Gasteiger partial charge in [0.1, 0.15) is 0 Å². The molecule has 0 saturated heterocycles. The molecule has 3 heterocycles. The summed E-state index contributed by atoms with van der Waals surface area (Å²) in [5.41, 5.74) is 5.53. The van der Waals surface area contributed by atoms with Gasteiger partial charge in [-0.3, -0.25) is 9.69 Å². The van der Waals surface area contributed by atoms with E-state index in [0.717, 1.165) is 47.4 Å². The van der Waals surface area contributed by atoms with Crippen molar-refractivity contribution in [2.45, 2.75) is 32.2 Å². The van der Waals surface area contributed by atoms with Crippen LogP contribution in [-0.2, 0) is 6.54 Å². The molecule has 0 N–H and O–H groups in total. The molecule has 1 saturated carbocycles. The lowest BCUT2D eigenvalue weighted by Crippen LogP contribution is -2.30. The van der Waals surface area contributed by atoms with Crippen molar-refractivity contribution in [3.63, 3.8) is 0 Å². The molecule has 1 amide bonds. The smallest absolute Gasteiger partial charge is 0.264 e. The first-order valence-electron chi connectivity index (χ1n) is 10.2. The highest BCUT2D eigenvalue weighted by atomic mass is 35.5. The van der Waals surface area contributed by atoms with E-state index in [4.69, 9.17) is 16.6 Å². The molecule has 0 radical (unpaired) electrons. The van der Waals surface area contributed by atoms with E-state index in [2.05, 4.69) is 15.7 Å². The number of benzene rings is 2. The summed E-state index contributed by atoms with van der Waals surface area (Å²) in [6, 6.07) is 13.9. The second-order valence-corrected chi connectivity index (χ2v) is 8.48. The van der Waals surface area contributed by atoms with Crippen LogP contribution in [0.3, 0.4) is 0 Å². The van der Waals surface area contributed by atoms with Gasteiger partial charge in [0.2, 0.25) is 5.95 Å². The minimum atomic E-state index is -0.0320. The topological polar surface area (TPSA) is 56.0 Å². The number of aromatic nitrogens is 4. The number of imidazole rings is 1. The molecule has 4 aromatic rings. The summed E-state index contributed by atoms with van der Waals surface area (Å²) in [6.07, 6.45) is 3.85. The first-order chi connectivity index (χ1) is 14.6. The first kappa shape index (κ1) is 17.7. The number of nitrogens with zero attached hydrogens (tertiary/aromatic N) is 5. The number of aryl methyl sites for hydroxylation is 1. The standard InChI is InChI=1S/C23H20ClN5O/c1-14-6-9-16(12-18(14)24)29-21(15-7-8-15)17(13-25-29)22(30)28-11-10-27-20-5-3-2-4-19(20)26-23(27)28/h2-6,9,12-13,15H,7-8,10-11H2,1H3. The summed E-state index contributed by atoms with van der Waals surface area (Å²) in [5.74, 6) is 1.04. The zero-order chi connectivity index (χ0) is 20.4. The molecule has 6 rings (SSSR count). The Morgan fingerprint density at radius 3 is 2.77 bits per heavy atom. The van der Waals surface area contributed by atoms with Crippen LogP contribution in [0.25, 0.3) is 16.7 Å². The highest BCUT2D eigenvalue weighted by molar-refractivity contribution is 6.31. The number of fused-ring (bicyclic) bond motifs is 3. The summed E-state index contributed by atoms with van der Waals surface area (Å²) < 4.78 is 4.00. The molecule has 0 atom stereocenters. The zero-order valence-corrected chi connectivity index (χ0v) is 17.3. The quantitative estimate of drug-likeness (QED) is 0.484. The molecule has 2 aliphatic rings. The fourth-order valence-electron chi connectivity index (χ4n) is 4.32. The Hall–Kier alpha value is -3.12. The van der Waals surface area contributed by atoms with Crippen LogP contribution in [0, 0.1) is 6.92 Å². The third-order valence-corrected chi connectivity index (χ3v) is 6.48. The maximum absolute atomic E-state index is 13.6. The predicted molar refractivity (Wildman–Crippen MR) is 117 cm³/mol. The van der Waals surface area contributed by atoms with Gasteiger partial charge in [0.25, 0.3) is 5.91 Å². The van der Waals surface area contributed by atoms with E-state index >= 15 is 0 Å². The van der Waals surface area contributed by atoms with E-state index in [1.165, 1.54) is 0 Å². The van der Waals surface area contributed by atoms with Crippen LogP contribution in [-0.4, -0.2) is 31.8 Å². The Bertz CT molecular complexity index is 1320. The largest absolute Gasteiger partial charge is 0.308 e. The number of halogens is 1. The van der Waals surface area contributed by atoms with Gasteiger partial charge in [-0.15, -0.1) is 0 Å². The summed E-state index contributed by atoms with van der Waals surface area (Å²) in [5, 5.41) is 5.29. The van der Waals surface area contributed by atoms with Crippen molar-refractivity contribution >= 4 is 34.5 Å². The predicted octanol–water partition coefficient (Wildman–Crippen LogP) is 4.72. The number of anilines is 1. The van der Waals surface area contributed by atoms with E-state index in [1.54, 1.807) is 11.1 Å². The van der Waals surface area contributed by atoms with Gasteiger partial charge in [0, 0.05) is 24.0 Å². The SMILES string of the molecule is Cc1ccc(-n2ncc(C(=O)N3CCn4c3nc3ccccc34)c2C2CC2)cc1Cl. The van der Waals surface area contributed by atoms with Crippen LogP contribution >= 0.6 is 11.6 Å². The minimum Gasteiger partial charge on any atom is -0.308 e. The molecule has 7 heteroatoms. The molecular weight excluding hydrogens is 398 g/mol. The number of hydrogen-bond donors (Lipinski definition) is 0. The lowest BCUT2D eigenvalue weighted by atomic mass is 10.1. The third kappa shape index (κ3) is 2.60. The highest BCUT2D eigenvalue weighted by Gasteiger charge is 2.37. The van der Waals surface area contributed by atoms with Gasteiger partial charge in [-0.2, -0.15) is 5.10 Å². The number of amides is 1. The van der Waals surface area contributed by atoms with Crippen LogP contribution in [0.4, 0.5) is 5.95 Å². The number of para-hydroxylation sites is 2. The van der Waals surface area contributed by atoms with Crippen LogP contribution in [0.15, 0.2) is 48.7 Å². The first-order valence-corrected chi connectivity index (χ1v) is 10.6. The summed E-state index contributed by atoms with van der Waals surface area (Å²) in [7, 11) is 0. The lowest BCUT2D eigenvalue weighted by Gasteiger charge is -2.15. The van der Waals surface area contributed by atoms with E-state index < -0.39 is 0 Å². The maximum atomic E-state index is 13.6. The van der Waals surface area contributed by atoms with Crippen molar-refractivity contribution in [1.82, 2.24) is 19.3 Å². The van der Waals surface area contributed by atoms with Gasteiger partial charge in [-0.1, -0.05) is 29.8 Å². The van der Waals surface area contributed by atoms with Crippen LogP contribution in [0.1, 0.15) is 40.4 Å². The second kappa shape index (κ2) is 6.44. The average molecular weight is 418 g/mol. The van der Waals surface area contributed by atoms with Crippen molar-refractivity contribution in [2.24, 2.45) is 0 Å². The normalized spacial score (nSPS) is 15.7. The highest BCUT2D eigenvalue weighted by Crippen LogP contribution is 2.43. The van der Waals surface area contributed by atoms with Crippen molar-refractivity contribution < 1.29 is 4.79 Å². The molecule has 1 aliphatic heterocycles. The Morgan fingerprint density at radius 1 is 1.13 bits per heavy atom. The van der Waals surface area contributed by atoms with Gasteiger partial charge in [0.05, 0.1) is 34.2 Å². The molecule has 150 valence electrons. The van der Waals surface area contributed by atoms with Crippen LogP contribution < -0.4 is 4.90 Å². The van der Waals surface area contributed by atoms with Gasteiger partial charge in [0.15, 0.2) is 0 Å². The maximum Gasteiger partial charge on any atom is 0.264 e. The molecule has 30 heavy (non-hydrogen) atoms. The number of carbonyl (C=O) groups is 1. The Balaban J connectivity index is 1.43. The summed E-state index contributed by atoms with van der Waals surface area (Å²) in [6.45, 7) is 3.35. The monoisotopic (exact) mass is 417 g/mol. The van der Waals surface area contributed by atoms with Gasteiger partial charge in [-0.25, -0.2) is 9.67 Å².